The number of nitriles is 1. The minimum atomic E-state index is -0.502. The number of fused-ring (bicyclic) bond motifs is 3. The monoisotopic (exact) mass is 392 g/mol. The van der Waals surface area contributed by atoms with E-state index in [1.807, 2.05) is 24.4 Å². The van der Waals surface area contributed by atoms with Crippen molar-refractivity contribution in [2.24, 2.45) is 17.2 Å². The van der Waals surface area contributed by atoms with Gasteiger partial charge in [-0.3, -0.25) is 4.79 Å². The number of hydrogen-bond acceptors (Lipinski definition) is 7. The van der Waals surface area contributed by atoms with Crippen LogP contribution in [-0.4, -0.2) is 38.5 Å². The molecule has 2 aliphatic rings. The summed E-state index contributed by atoms with van der Waals surface area (Å²) < 4.78 is 1.73. The first-order chi connectivity index (χ1) is 14.0. The number of carbonyl (C=O) groups excluding carboxylic acids is 1. The molecule has 2 aromatic rings. The minimum absolute atomic E-state index is 0.129. The van der Waals surface area contributed by atoms with Crippen LogP contribution in [0.25, 0.3) is 5.52 Å². The lowest BCUT2D eigenvalue weighted by Gasteiger charge is -2.41. The summed E-state index contributed by atoms with van der Waals surface area (Å²) in [5.74, 6) is 0.128. The zero-order valence-electron chi connectivity index (χ0n) is 16.0. The van der Waals surface area contributed by atoms with Crippen LogP contribution in [-0.2, 0) is 0 Å². The highest BCUT2D eigenvalue weighted by molar-refractivity contribution is 6.01. The van der Waals surface area contributed by atoms with Crippen LogP contribution in [0, 0.1) is 11.3 Å². The first-order valence-corrected chi connectivity index (χ1v) is 9.62. The van der Waals surface area contributed by atoms with E-state index >= 15 is 0 Å². The van der Waals surface area contributed by atoms with Gasteiger partial charge in [-0.2, -0.15) is 10.4 Å². The second-order valence-electron chi connectivity index (χ2n) is 7.57. The van der Waals surface area contributed by atoms with Gasteiger partial charge in [0, 0.05) is 24.3 Å². The van der Waals surface area contributed by atoms with E-state index in [4.69, 9.17) is 22.5 Å². The third kappa shape index (κ3) is 3.45. The highest BCUT2D eigenvalue weighted by Gasteiger charge is 2.41. The van der Waals surface area contributed by atoms with E-state index in [0.717, 1.165) is 36.9 Å². The normalized spacial score (nSPS) is 24.5. The Morgan fingerprint density at radius 2 is 1.97 bits per heavy atom. The fourth-order valence-corrected chi connectivity index (χ4v) is 4.55. The van der Waals surface area contributed by atoms with Gasteiger partial charge < -0.3 is 27.4 Å². The predicted molar refractivity (Wildman–Crippen MR) is 109 cm³/mol. The lowest BCUT2D eigenvalue weighted by molar-refractivity contribution is 0.100. The Labute approximate surface area is 168 Å². The number of allylic oxidation sites excluding steroid dienone is 3. The van der Waals surface area contributed by atoms with Crippen molar-refractivity contribution in [3.05, 3.63) is 53.8 Å². The van der Waals surface area contributed by atoms with Crippen LogP contribution >= 0.6 is 0 Å². The van der Waals surface area contributed by atoms with Crippen molar-refractivity contribution in [2.45, 2.75) is 43.8 Å². The highest BCUT2D eigenvalue weighted by Crippen LogP contribution is 2.39. The fourth-order valence-electron chi connectivity index (χ4n) is 4.55. The van der Waals surface area contributed by atoms with Gasteiger partial charge in [-0.15, -0.1) is 0 Å². The maximum absolute atomic E-state index is 11.9. The predicted octanol–water partition coefficient (Wildman–Crippen LogP) is 1.01. The third-order valence-corrected chi connectivity index (χ3v) is 5.77. The molecule has 0 spiro atoms. The van der Waals surface area contributed by atoms with Gasteiger partial charge in [0.2, 0.25) is 0 Å². The molecule has 29 heavy (non-hydrogen) atoms. The van der Waals surface area contributed by atoms with Crippen LogP contribution in [0.3, 0.4) is 0 Å². The summed E-state index contributed by atoms with van der Waals surface area (Å²) in [6, 6.07) is 6.46. The van der Waals surface area contributed by atoms with Crippen LogP contribution in [0.1, 0.15) is 36.0 Å². The maximum Gasteiger partial charge on any atom is 0.252 e. The number of carbonyl (C=O) groups is 1. The molecule has 2 saturated heterocycles. The molecule has 4 heterocycles. The number of amides is 1. The van der Waals surface area contributed by atoms with E-state index in [1.54, 1.807) is 16.7 Å². The SMILES string of the molecule is N#C/C(N)=C/C=C(\N)N1[C@@H]2CC[C@H]1CC(Nc1c(C(N)=O)cnn3cccc13)C2. The second kappa shape index (κ2) is 7.39. The topological polar surface area (TPSA) is 151 Å². The van der Waals surface area contributed by atoms with E-state index in [9.17, 15) is 4.79 Å². The Morgan fingerprint density at radius 1 is 1.24 bits per heavy atom. The van der Waals surface area contributed by atoms with Crippen molar-refractivity contribution in [3.8, 4) is 6.07 Å². The molecule has 2 bridgehead atoms. The standard InChI is InChI=1S/C20H24N8O/c21-10-12(22)3-6-18(23)28-14-4-5-15(28)9-13(8-14)26-19-16(20(24)29)11-25-27-7-1-2-17(19)27/h1-3,6-7,11,13-15,26H,4-5,8-9,22-23H2,(H2,24,29)/b12-3-,18-6+/t13?,14-,15+. The van der Waals surface area contributed by atoms with Gasteiger partial charge in [0.25, 0.3) is 5.91 Å². The molecule has 3 atom stereocenters. The number of nitrogens with two attached hydrogens (primary N) is 3. The lowest BCUT2D eigenvalue weighted by atomic mass is 9.96. The number of nitrogens with one attached hydrogen (secondary N) is 1. The van der Waals surface area contributed by atoms with E-state index in [0.29, 0.717) is 23.5 Å². The Hall–Kier alpha value is -3.67. The Morgan fingerprint density at radius 3 is 2.62 bits per heavy atom. The molecular formula is C20H24N8O. The first-order valence-electron chi connectivity index (χ1n) is 9.62. The molecule has 2 aromatic heterocycles. The van der Waals surface area contributed by atoms with Crippen LogP contribution < -0.4 is 22.5 Å². The lowest BCUT2D eigenvalue weighted by Crippen LogP contribution is -2.48. The van der Waals surface area contributed by atoms with Gasteiger partial charge in [0.15, 0.2) is 0 Å². The largest absolute Gasteiger partial charge is 0.390 e. The van der Waals surface area contributed by atoms with Crippen LogP contribution in [0.15, 0.2) is 48.2 Å². The molecule has 7 N–H and O–H groups in total. The molecule has 1 unspecified atom stereocenters. The quantitative estimate of drug-likeness (QED) is 0.438. The van der Waals surface area contributed by atoms with Crippen molar-refractivity contribution in [1.29, 1.82) is 5.26 Å². The number of anilines is 1. The van der Waals surface area contributed by atoms with Crippen LogP contribution in [0.5, 0.6) is 0 Å². The summed E-state index contributed by atoms with van der Waals surface area (Å²) in [6.45, 7) is 0. The molecular weight excluding hydrogens is 368 g/mol. The number of primary amides is 1. The van der Waals surface area contributed by atoms with Crippen molar-refractivity contribution >= 4 is 17.1 Å². The van der Waals surface area contributed by atoms with E-state index in [-0.39, 0.29) is 11.7 Å². The average molecular weight is 392 g/mol. The van der Waals surface area contributed by atoms with Crippen LogP contribution in [0.4, 0.5) is 5.69 Å². The first kappa shape index (κ1) is 18.7. The van der Waals surface area contributed by atoms with E-state index < -0.39 is 5.91 Å². The smallest absolute Gasteiger partial charge is 0.252 e. The Kier molecular flexibility index (Phi) is 4.76. The molecule has 0 aromatic carbocycles. The average Bonchev–Trinajstić information content (AvgIpc) is 3.28. The molecule has 0 radical (unpaired) electrons. The molecule has 2 aliphatic heterocycles. The van der Waals surface area contributed by atoms with Crippen molar-refractivity contribution in [1.82, 2.24) is 14.5 Å². The van der Waals surface area contributed by atoms with Gasteiger partial charge in [-0.1, -0.05) is 0 Å². The number of hydrogen-bond donors (Lipinski definition) is 4. The van der Waals surface area contributed by atoms with Crippen molar-refractivity contribution < 1.29 is 4.79 Å². The third-order valence-electron chi connectivity index (χ3n) is 5.77. The molecule has 9 heteroatoms. The zero-order chi connectivity index (χ0) is 20.5. The molecule has 150 valence electrons. The number of rotatable bonds is 5. The number of piperidine rings is 1. The summed E-state index contributed by atoms with van der Waals surface area (Å²) in [7, 11) is 0. The van der Waals surface area contributed by atoms with Gasteiger partial charge in [0.1, 0.15) is 11.8 Å². The molecule has 0 saturated carbocycles. The van der Waals surface area contributed by atoms with E-state index in [1.165, 1.54) is 6.20 Å². The van der Waals surface area contributed by atoms with Gasteiger partial charge in [-0.25, -0.2) is 4.52 Å². The minimum Gasteiger partial charge on any atom is -0.390 e. The number of aromatic nitrogens is 2. The zero-order valence-corrected chi connectivity index (χ0v) is 16.0. The van der Waals surface area contributed by atoms with Gasteiger partial charge in [0.05, 0.1) is 28.8 Å². The van der Waals surface area contributed by atoms with Crippen molar-refractivity contribution in [2.75, 3.05) is 5.32 Å². The molecule has 0 aliphatic carbocycles. The van der Waals surface area contributed by atoms with Gasteiger partial charge in [-0.05, 0) is 50.0 Å². The molecule has 4 rings (SSSR count). The number of nitrogens with zero attached hydrogens (tertiary/aromatic N) is 4. The summed E-state index contributed by atoms with van der Waals surface area (Å²) in [6.07, 6.45) is 10.5. The summed E-state index contributed by atoms with van der Waals surface area (Å²) in [4.78, 5) is 14.2. The Balaban J connectivity index is 1.56. The van der Waals surface area contributed by atoms with E-state index in [2.05, 4.69) is 15.3 Å². The van der Waals surface area contributed by atoms with Crippen molar-refractivity contribution in [3.63, 3.8) is 0 Å². The summed E-state index contributed by atoms with van der Waals surface area (Å²) in [5, 5.41) is 16.6. The molecule has 2 fully saturated rings. The van der Waals surface area contributed by atoms with Crippen LogP contribution in [0.2, 0.25) is 0 Å². The highest BCUT2D eigenvalue weighted by atomic mass is 16.1. The van der Waals surface area contributed by atoms with Gasteiger partial charge >= 0.3 is 0 Å². The molecule has 1 amide bonds. The summed E-state index contributed by atoms with van der Waals surface area (Å²) in [5.41, 5.74) is 19.5. The fraction of sp³-hybridized carbons (Fsp3) is 0.350. The Bertz CT molecular complexity index is 1030. The summed E-state index contributed by atoms with van der Waals surface area (Å²) >= 11 is 0. The molecule has 9 nitrogen and oxygen atoms in total. The second-order valence-corrected chi connectivity index (χ2v) is 7.57. The maximum atomic E-state index is 11.9.